The molecule has 8 heteroatoms. The second kappa shape index (κ2) is 10.5. The number of nitrogens with zero attached hydrogens (tertiary/aromatic N) is 2. The first-order chi connectivity index (χ1) is 15.0. The fraction of sp³-hybridized carbons (Fsp3) is 0.304. The Morgan fingerprint density at radius 3 is 2.06 bits per heavy atom. The smallest absolute Gasteiger partial charge is 0.318 e. The number of amides is 3. The highest BCUT2D eigenvalue weighted by atomic mass is 16.5. The Morgan fingerprint density at radius 1 is 0.935 bits per heavy atom. The molecule has 1 aliphatic rings. The van der Waals surface area contributed by atoms with Crippen molar-refractivity contribution in [3.05, 3.63) is 65.7 Å². The van der Waals surface area contributed by atoms with Gasteiger partial charge in [0.25, 0.3) is 5.91 Å². The molecule has 3 rings (SSSR count). The van der Waals surface area contributed by atoms with Crippen LogP contribution >= 0.6 is 0 Å². The van der Waals surface area contributed by atoms with Gasteiger partial charge in [0.05, 0.1) is 6.10 Å². The predicted molar refractivity (Wildman–Crippen MR) is 117 cm³/mol. The number of hydrogen-bond acceptors (Lipinski definition) is 5. The van der Waals surface area contributed by atoms with Crippen LogP contribution in [0.25, 0.3) is 0 Å². The van der Waals surface area contributed by atoms with Gasteiger partial charge in [-0.2, -0.15) is 0 Å². The van der Waals surface area contributed by atoms with E-state index >= 15 is 0 Å². The van der Waals surface area contributed by atoms with Crippen molar-refractivity contribution in [2.75, 3.05) is 31.1 Å². The summed E-state index contributed by atoms with van der Waals surface area (Å²) in [6, 6.07) is 16.1. The van der Waals surface area contributed by atoms with Gasteiger partial charge in [0.1, 0.15) is 6.04 Å². The Hall–Kier alpha value is -3.54. The Kier molecular flexibility index (Phi) is 7.49. The van der Waals surface area contributed by atoms with E-state index in [2.05, 4.69) is 22.1 Å². The molecule has 0 bridgehead atoms. The quantitative estimate of drug-likeness (QED) is 0.336. The van der Waals surface area contributed by atoms with E-state index in [0.29, 0.717) is 26.2 Å². The number of benzene rings is 2. The van der Waals surface area contributed by atoms with Crippen LogP contribution in [-0.4, -0.2) is 65.5 Å². The summed E-state index contributed by atoms with van der Waals surface area (Å²) < 4.78 is 0. The number of nitrogens with one attached hydrogen (secondary N) is 2. The predicted octanol–water partition coefficient (Wildman–Crippen LogP) is 1.17. The standard InChI is InChI=1S/C23H26N4O4/c1-17(28)21(22(29)25-31)24-23(30)27-15-13-26(14-16-27)20-11-9-19(10-12-20)8-7-18-5-3-2-4-6-18/h2-6,9-12,17,21,28,31H,13-16H2,1H3,(H,24,30)(H,25,29)/t17-,21-/m1/s1. The lowest BCUT2D eigenvalue weighted by Crippen LogP contribution is -2.58. The number of anilines is 1. The van der Waals surface area contributed by atoms with Crippen molar-refractivity contribution in [3.63, 3.8) is 0 Å². The first-order valence-electron chi connectivity index (χ1n) is 10.1. The fourth-order valence-electron chi connectivity index (χ4n) is 3.29. The van der Waals surface area contributed by atoms with Crippen LogP contribution in [0.3, 0.4) is 0 Å². The number of aliphatic hydroxyl groups is 1. The number of carbonyl (C=O) groups is 2. The van der Waals surface area contributed by atoms with Crippen LogP contribution in [0.1, 0.15) is 18.1 Å². The van der Waals surface area contributed by atoms with Gasteiger partial charge in [0.2, 0.25) is 0 Å². The maximum atomic E-state index is 12.4. The van der Waals surface area contributed by atoms with Crippen molar-refractivity contribution >= 4 is 17.6 Å². The van der Waals surface area contributed by atoms with Crippen molar-refractivity contribution in [1.82, 2.24) is 15.7 Å². The highest BCUT2D eigenvalue weighted by molar-refractivity contribution is 5.87. The number of aliphatic hydroxyl groups excluding tert-OH is 1. The summed E-state index contributed by atoms with van der Waals surface area (Å²) in [6.45, 7) is 3.57. The van der Waals surface area contributed by atoms with Gasteiger partial charge in [-0.3, -0.25) is 10.0 Å². The summed E-state index contributed by atoms with van der Waals surface area (Å²) in [4.78, 5) is 27.8. The number of urea groups is 1. The molecule has 2 atom stereocenters. The average molecular weight is 422 g/mol. The van der Waals surface area contributed by atoms with Gasteiger partial charge in [-0.1, -0.05) is 30.0 Å². The van der Waals surface area contributed by atoms with Gasteiger partial charge in [0, 0.05) is 43.0 Å². The van der Waals surface area contributed by atoms with E-state index in [1.54, 1.807) is 4.90 Å². The minimum absolute atomic E-state index is 0.458. The van der Waals surface area contributed by atoms with Gasteiger partial charge in [-0.15, -0.1) is 0 Å². The molecule has 3 amide bonds. The first-order valence-corrected chi connectivity index (χ1v) is 10.1. The highest BCUT2D eigenvalue weighted by Gasteiger charge is 2.29. The summed E-state index contributed by atoms with van der Waals surface area (Å²) in [5, 5.41) is 20.9. The topological polar surface area (TPSA) is 105 Å². The molecule has 162 valence electrons. The Labute approximate surface area is 181 Å². The Bertz CT molecular complexity index is 943. The summed E-state index contributed by atoms with van der Waals surface area (Å²) in [5.74, 6) is 5.43. The molecule has 31 heavy (non-hydrogen) atoms. The number of carbonyl (C=O) groups excluding carboxylic acids is 2. The first kappa shape index (κ1) is 22.2. The molecule has 2 aromatic rings. The van der Waals surface area contributed by atoms with E-state index in [0.717, 1.165) is 16.8 Å². The normalized spacial score (nSPS) is 15.3. The van der Waals surface area contributed by atoms with Crippen molar-refractivity contribution in [2.24, 2.45) is 0 Å². The van der Waals surface area contributed by atoms with Crippen LogP contribution in [0.4, 0.5) is 10.5 Å². The summed E-state index contributed by atoms with van der Waals surface area (Å²) in [6.07, 6.45) is -1.14. The van der Waals surface area contributed by atoms with Gasteiger partial charge in [-0.25, -0.2) is 10.3 Å². The van der Waals surface area contributed by atoms with Gasteiger partial charge in [-0.05, 0) is 43.3 Å². The molecule has 1 aliphatic heterocycles. The molecule has 0 radical (unpaired) electrons. The van der Waals surface area contributed by atoms with Crippen LogP contribution in [0.2, 0.25) is 0 Å². The van der Waals surface area contributed by atoms with Gasteiger partial charge in [0.15, 0.2) is 0 Å². The van der Waals surface area contributed by atoms with Crippen molar-refractivity contribution in [2.45, 2.75) is 19.1 Å². The molecular weight excluding hydrogens is 396 g/mol. The van der Waals surface area contributed by atoms with Crippen molar-refractivity contribution in [3.8, 4) is 11.8 Å². The maximum absolute atomic E-state index is 12.4. The lowest BCUT2D eigenvalue weighted by molar-refractivity contribution is -0.133. The Balaban J connectivity index is 1.54. The average Bonchev–Trinajstić information content (AvgIpc) is 2.81. The van der Waals surface area contributed by atoms with Gasteiger partial charge < -0.3 is 20.2 Å². The lowest BCUT2D eigenvalue weighted by atomic mass is 10.1. The molecule has 4 N–H and O–H groups in total. The molecule has 0 unspecified atom stereocenters. The minimum atomic E-state index is -1.22. The molecule has 1 heterocycles. The molecule has 1 saturated heterocycles. The van der Waals surface area contributed by atoms with Crippen LogP contribution in [0, 0.1) is 11.8 Å². The van der Waals surface area contributed by atoms with Crippen LogP contribution in [0.5, 0.6) is 0 Å². The van der Waals surface area contributed by atoms with Crippen molar-refractivity contribution in [1.29, 1.82) is 0 Å². The van der Waals surface area contributed by atoms with Crippen LogP contribution in [-0.2, 0) is 4.79 Å². The summed E-state index contributed by atoms with van der Waals surface area (Å²) in [5.41, 5.74) is 4.40. The number of piperazine rings is 1. The van der Waals surface area contributed by atoms with Gasteiger partial charge >= 0.3 is 6.03 Å². The molecule has 1 fully saturated rings. The maximum Gasteiger partial charge on any atom is 0.318 e. The highest BCUT2D eigenvalue weighted by Crippen LogP contribution is 2.17. The van der Waals surface area contributed by atoms with Crippen LogP contribution in [0.15, 0.2) is 54.6 Å². The summed E-state index contributed by atoms with van der Waals surface area (Å²) in [7, 11) is 0. The third-order valence-electron chi connectivity index (χ3n) is 5.08. The third kappa shape index (κ3) is 5.98. The molecule has 0 saturated carbocycles. The summed E-state index contributed by atoms with van der Waals surface area (Å²) >= 11 is 0. The SMILES string of the molecule is C[C@@H](O)[C@@H](NC(=O)N1CCN(c2ccc(C#Cc3ccccc3)cc2)CC1)C(=O)NO. The number of rotatable bonds is 4. The van der Waals surface area contributed by atoms with E-state index in [1.807, 2.05) is 54.6 Å². The lowest BCUT2D eigenvalue weighted by Gasteiger charge is -2.36. The second-order valence-corrected chi connectivity index (χ2v) is 7.28. The third-order valence-corrected chi connectivity index (χ3v) is 5.08. The van der Waals surface area contributed by atoms with Crippen LogP contribution < -0.4 is 15.7 Å². The molecule has 0 aromatic heterocycles. The van der Waals surface area contributed by atoms with Crippen molar-refractivity contribution < 1.29 is 19.9 Å². The molecule has 0 spiro atoms. The second-order valence-electron chi connectivity index (χ2n) is 7.28. The fourth-order valence-corrected chi connectivity index (χ4v) is 3.29. The molecule has 8 nitrogen and oxygen atoms in total. The largest absolute Gasteiger partial charge is 0.391 e. The molecule has 2 aromatic carbocycles. The van der Waals surface area contributed by atoms with E-state index in [9.17, 15) is 14.7 Å². The van der Waals surface area contributed by atoms with E-state index < -0.39 is 24.1 Å². The van der Waals surface area contributed by atoms with E-state index in [-0.39, 0.29) is 0 Å². The number of hydrogen-bond donors (Lipinski definition) is 4. The monoisotopic (exact) mass is 422 g/mol. The molecular formula is C23H26N4O4. The Morgan fingerprint density at radius 2 is 1.52 bits per heavy atom. The zero-order valence-corrected chi connectivity index (χ0v) is 17.3. The number of hydroxylamine groups is 1. The zero-order valence-electron chi connectivity index (χ0n) is 17.3. The minimum Gasteiger partial charge on any atom is -0.391 e. The molecule has 0 aliphatic carbocycles. The zero-order chi connectivity index (χ0) is 22.2. The van der Waals surface area contributed by atoms with E-state index in [1.165, 1.54) is 12.4 Å². The van der Waals surface area contributed by atoms with E-state index in [4.69, 9.17) is 5.21 Å².